The van der Waals surface area contributed by atoms with Gasteiger partial charge in [0, 0.05) is 0 Å². The molecule has 212 valence electrons. The van der Waals surface area contributed by atoms with Crippen molar-refractivity contribution in [2.24, 2.45) is 0 Å². The Balaban J connectivity index is 1.22. The largest absolute Gasteiger partial charge is 0.494 e. The molecule has 0 saturated heterocycles. The van der Waals surface area contributed by atoms with E-state index in [1.165, 1.54) is 0 Å². The summed E-state index contributed by atoms with van der Waals surface area (Å²) in [5, 5.41) is 1.95. The fourth-order valence-electron chi connectivity index (χ4n) is 4.38. The third kappa shape index (κ3) is 7.15. The summed E-state index contributed by atoms with van der Waals surface area (Å²) in [5.41, 5.74) is 2.57. The fraction of sp³-hybridized carbons (Fsp3) is 0.167. The summed E-state index contributed by atoms with van der Waals surface area (Å²) < 4.78 is 22.4. The molecular formula is C36H32O6. The lowest BCUT2D eigenvalue weighted by Crippen LogP contribution is -2.22. The van der Waals surface area contributed by atoms with Crippen molar-refractivity contribution >= 4 is 22.7 Å². The minimum absolute atomic E-state index is 0.315. The molecule has 5 aromatic rings. The van der Waals surface area contributed by atoms with Gasteiger partial charge in [0.15, 0.2) is 0 Å². The molecular weight excluding hydrogens is 528 g/mol. The topological polar surface area (TPSA) is 71.1 Å². The van der Waals surface area contributed by atoms with Crippen LogP contribution in [0.5, 0.6) is 23.0 Å². The number of fused-ring (bicyclic) bond motifs is 1. The summed E-state index contributed by atoms with van der Waals surface area (Å²) in [6.45, 7) is 8.38. The highest BCUT2D eigenvalue weighted by atomic mass is 16.5. The first-order valence-corrected chi connectivity index (χ1v) is 13.8. The molecule has 6 heteroatoms. The van der Waals surface area contributed by atoms with Gasteiger partial charge in [-0.3, -0.25) is 0 Å². The van der Waals surface area contributed by atoms with E-state index in [2.05, 4.69) is 6.07 Å². The number of rotatable bonds is 8. The lowest BCUT2D eigenvalue weighted by molar-refractivity contribution is 0.0725. The summed E-state index contributed by atoms with van der Waals surface area (Å²) in [6, 6.07) is 32.8. The van der Waals surface area contributed by atoms with Gasteiger partial charge in [-0.25, -0.2) is 9.59 Å². The van der Waals surface area contributed by atoms with Gasteiger partial charge in [0.1, 0.15) is 28.6 Å². The summed E-state index contributed by atoms with van der Waals surface area (Å²) >= 11 is 0. The average molecular weight is 561 g/mol. The van der Waals surface area contributed by atoms with Crippen LogP contribution in [0.25, 0.3) is 21.9 Å². The Kier molecular flexibility index (Phi) is 8.25. The number of esters is 2. The van der Waals surface area contributed by atoms with Crippen molar-refractivity contribution in [2.75, 3.05) is 6.61 Å². The van der Waals surface area contributed by atoms with Gasteiger partial charge in [-0.05, 0) is 128 Å². The Morgan fingerprint density at radius 2 is 1.02 bits per heavy atom. The third-order valence-corrected chi connectivity index (χ3v) is 6.34. The van der Waals surface area contributed by atoms with Crippen LogP contribution in [0, 0.1) is 0 Å². The molecule has 0 atom stereocenters. The monoisotopic (exact) mass is 560 g/mol. The lowest BCUT2D eigenvalue weighted by Gasteiger charge is -2.21. The van der Waals surface area contributed by atoms with Crippen molar-refractivity contribution in [1.82, 2.24) is 0 Å². The third-order valence-electron chi connectivity index (χ3n) is 6.34. The van der Waals surface area contributed by atoms with Gasteiger partial charge in [0.2, 0.25) is 0 Å². The highest BCUT2D eigenvalue weighted by Crippen LogP contribution is 2.29. The molecule has 0 amide bonds. The summed E-state index contributed by atoms with van der Waals surface area (Å²) in [7, 11) is 0. The first kappa shape index (κ1) is 28.4. The van der Waals surface area contributed by atoms with Crippen LogP contribution in [0.2, 0.25) is 0 Å². The molecule has 6 nitrogen and oxygen atoms in total. The fourth-order valence-corrected chi connectivity index (χ4v) is 4.38. The molecule has 0 bridgehead atoms. The van der Waals surface area contributed by atoms with Crippen molar-refractivity contribution < 1.29 is 28.5 Å². The Hall–Kier alpha value is -5.10. The van der Waals surface area contributed by atoms with Gasteiger partial charge in [0.05, 0.1) is 17.7 Å². The number of carbonyl (C=O) groups is 2. The van der Waals surface area contributed by atoms with Crippen LogP contribution in [0.1, 0.15) is 48.4 Å². The van der Waals surface area contributed by atoms with Gasteiger partial charge in [-0.1, -0.05) is 30.3 Å². The Labute approximate surface area is 245 Å². The molecule has 5 rings (SSSR count). The van der Waals surface area contributed by atoms with Crippen LogP contribution >= 0.6 is 0 Å². The maximum Gasteiger partial charge on any atom is 0.343 e. The van der Waals surface area contributed by atoms with Crippen molar-refractivity contribution in [1.29, 1.82) is 0 Å². The van der Waals surface area contributed by atoms with Crippen molar-refractivity contribution in [2.45, 2.75) is 33.3 Å². The van der Waals surface area contributed by atoms with Gasteiger partial charge in [0.25, 0.3) is 0 Å². The van der Waals surface area contributed by atoms with Crippen LogP contribution in [0.3, 0.4) is 0 Å². The Morgan fingerprint density at radius 1 is 0.548 bits per heavy atom. The maximum absolute atomic E-state index is 12.6. The molecule has 42 heavy (non-hydrogen) atoms. The zero-order valence-corrected chi connectivity index (χ0v) is 24.0. The molecule has 0 fully saturated rings. The van der Waals surface area contributed by atoms with Crippen molar-refractivity contribution in [3.63, 3.8) is 0 Å². The molecule has 0 aliphatic heterocycles. The molecule has 0 aromatic heterocycles. The highest BCUT2D eigenvalue weighted by molar-refractivity contribution is 5.93. The molecule has 0 N–H and O–H groups in total. The van der Waals surface area contributed by atoms with E-state index < -0.39 is 11.9 Å². The number of hydrogen-bond donors (Lipinski definition) is 0. The summed E-state index contributed by atoms with van der Waals surface area (Å²) in [5.74, 6) is 1.46. The van der Waals surface area contributed by atoms with E-state index in [0.29, 0.717) is 40.7 Å². The molecule has 0 unspecified atom stereocenters. The molecule has 0 radical (unpaired) electrons. The smallest absolute Gasteiger partial charge is 0.343 e. The van der Waals surface area contributed by atoms with E-state index in [1.54, 1.807) is 66.7 Å². The SMILES string of the molecule is CCOc1ccc(C(=O)Oc2ccc3cc(-c4ccc(OC(=O)c5ccc(OC(C)(C)C)cc5)cc4)ccc3c2)cc1. The minimum Gasteiger partial charge on any atom is -0.494 e. The quantitative estimate of drug-likeness (QED) is 0.140. The average Bonchev–Trinajstić information content (AvgIpc) is 2.97. The first-order chi connectivity index (χ1) is 20.2. The lowest BCUT2D eigenvalue weighted by atomic mass is 10.0. The zero-order chi connectivity index (χ0) is 29.7. The second-order valence-electron chi connectivity index (χ2n) is 10.7. The Morgan fingerprint density at radius 3 is 1.62 bits per heavy atom. The van der Waals surface area contributed by atoms with E-state index in [9.17, 15) is 9.59 Å². The van der Waals surface area contributed by atoms with Crippen LogP contribution in [-0.2, 0) is 0 Å². The van der Waals surface area contributed by atoms with Crippen LogP contribution < -0.4 is 18.9 Å². The molecule has 0 spiro atoms. The zero-order valence-electron chi connectivity index (χ0n) is 24.0. The molecule has 5 aromatic carbocycles. The van der Waals surface area contributed by atoms with Gasteiger partial charge in [-0.15, -0.1) is 0 Å². The summed E-state index contributed by atoms with van der Waals surface area (Å²) in [4.78, 5) is 25.2. The van der Waals surface area contributed by atoms with Gasteiger partial charge >= 0.3 is 11.9 Å². The number of carbonyl (C=O) groups excluding carboxylic acids is 2. The van der Waals surface area contributed by atoms with Gasteiger partial charge < -0.3 is 18.9 Å². The molecule has 0 saturated carbocycles. The van der Waals surface area contributed by atoms with E-state index in [-0.39, 0.29) is 5.60 Å². The number of hydrogen-bond acceptors (Lipinski definition) is 6. The molecule has 0 aliphatic carbocycles. The van der Waals surface area contributed by atoms with Gasteiger partial charge in [-0.2, -0.15) is 0 Å². The number of ether oxygens (including phenoxy) is 4. The normalized spacial score (nSPS) is 11.1. The van der Waals surface area contributed by atoms with E-state index >= 15 is 0 Å². The second-order valence-corrected chi connectivity index (χ2v) is 10.7. The maximum atomic E-state index is 12.6. The van der Waals surface area contributed by atoms with Crippen LogP contribution in [0.15, 0.2) is 109 Å². The predicted octanol–water partition coefficient (Wildman–Crippen LogP) is 8.52. The van der Waals surface area contributed by atoms with Crippen LogP contribution in [0.4, 0.5) is 0 Å². The summed E-state index contributed by atoms with van der Waals surface area (Å²) in [6.07, 6.45) is 0. The second kappa shape index (κ2) is 12.2. The minimum atomic E-state index is -0.435. The number of benzene rings is 5. The van der Waals surface area contributed by atoms with Crippen molar-refractivity contribution in [3.8, 4) is 34.1 Å². The standard InChI is InChI=1S/C36H32O6/c1-5-39-30-15-10-25(11-16-30)35(38)41-33-21-14-28-22-27(6-7-29(28)23-33)24-8-17-31(18-9-24)40-34(37)26-12-19-32(20-13-26)42-36(2,3)4/h6-23H,5H2,1-4H3. The van der Waals surface area contributed by atoms with Crippen molar-refractivity contribution in [3.05, 3.63) is 120 Å². The predicted molar refractivity (Wildman–Crippen MR) is 164 cm³/mol. The van der Waals surface area contributed by atoms with E-state index in [4.69, 9.17) is 18.9 Å². The van der Waals surface area contributed by atoms with Crippen LogP contribution in [-0.4, -0.2) is 24.1 Å². The molecule has 0 aliphatic rings. The Bertz CT molecular complexity index is 1700. The van der Waals surface area contributed by atoms with E-state index in [1.807, 2.05) is 64.1 Å². The molecule has 0 heterocycles. The first-order valence-electron chi connectivity index (χ1n) is 13.8. The highest BCUT2D eigenvalue weighted by Gasteiger charge is 2.14. The van der Waals surface area contributed by atoms with E-state index in [0.717, 1.165) is 21.9 Å².